The summed E-state index contributed by atoms with van der Waals surface area (Å²) in [5, 5.41) is 0. The fourth-order valence-electron chi connectivity index (χ4n) is 2.71. The highest BCUT2D eigenvalue weighted by Gasteiger charge is 2.24. The van der Waals surface area contributed by atoms with Gasteiger partial charge in [-0.1, -0.05) is 22.0 Å². The van der Waals surface area contributed by atoms with Crippen LogP contribution in [0.25, 0.3) is 0 Å². The zero-order valence-corrected chi connectivity index (χ0v) is 18.7. The van der Waals surface area contributed by atoms with Gasteiger partial charge in [0.25, 0.3) is 0 Å². The second-order valence-electron chi connectivity index (χ2n) is 6.42. The van der Waals surface area contributed by atoms with Crippen LogP contribution in [-0.2, 0) is 19.1 Å². The SMILES string of the molecule is CC(=O)N(CCN(c1ccc(F)cc1)c1cccc(Br)c1)C(=O)OC(C)OC(=O)CN. The number of carbonyl (C=O) groups is 3. The lowest BCUT2D eigenvalue weighted by Crippen LogP contribution is -2.42. The molecular weight excluding hydrogens is 473 g/mol. The Hall–Kier alpha value is -2.98. The summed E-state index contributed by atoms with van der Waals surface area (Å²) >= 11 is 3.42. The highest BCUT2D eigenvalue weighted by molar-refractivity contribution is 9.10. The zero-order valence-electron chi connectivity index (χ0n) is 17.1. The van der Waals surface area contributed by atoms with Crippen molar-refractivity contribution in [1.82, 2.24) is 4.90 Å². The third kappa shape index (κ3) is 7.34. The van der Waals surface area contributed by atoms with Gasteiger partial charge in [0.05, 0.1) is 6.54 Å². The normalized spacial score (nSPS) is 11.4. The number of nitrogens with two attached hydrogens (primary N) is 1. The van der Waals surface area contributed by atoms with E-state index in [1.807, 2.05) is 29.2 Å². The van der Waals surface area contributed by atoms with Crippen LogP contribution in [0.3, 0.4) is 0 Å². The summed E-state index contributed by atoms with van der Waals surface area (Å²) in [7, 11) is 0. The van der Waals surface area contributed by atoms with Crippen molar-refractivity contribution < 1.29 is 28.2 Å². The molecule has 0 aliphatic carbocycles. The maximum atomic E-state index is 13.4. The van der Waals surface area contributed by atoms with Gasteiger partial charge in [0.1, 0.15) is 5.82 Å². The van der Waals surface area contributed by atoms with E-state index in [0.717, 1.165) is 15.1 Å². The Balaban J connectivity index is 2.18. The van der Waals surface area contributed by atoms with E-state index in [0.29, 0.717) is 5.69 Å². The van der Waals surface area contributed by atoms with Crippen molar-refractivity contribution in [2.75, 3.05) is 24.5 Å². The molecule has 2 aromatic carbocycles. The number of halogens is 2. The monoisotopic (exact) mass is 495 g/mol. The molecule has 2 aromatic rings. The summed E-state index contributed by atoms with van der Waals surface area (Å²) in [6, 6.07) is 13.2. The molecule has 0 aliphatic heterocycles. The molecule has 0 saturated carbocycles. The van der Waals surface area contributed by atoms with Gasteiger partial charge >= 0.3 is 12.1 Å². The third-order valence-electron chi connectivity index (χ3n) is 4.14. The van der Waals surface area contributed by atoms with E-state index < -0.39 is 24.3 Å². The molecule has 0 fully saturated rings. The third-order valence-corrected chi connectivity index (χ3v) is 4.63. The largest absolute Gasteiger partial charge is 0.424 e. The molecule has 0 spiro atoms. The number of rotatable bonds is 8. The molecule has 10 heteroatoms. The van der Waals surface area contributed by atoms with Gasteiger partial charge in [-0.15, -0.1) is 0 Å². The number of hydrogen-bond donors (Lipinski definition) is 1. The van der Waals surface area contributed by atoms with Gasteiger partial charge in [-0.2, -0.15) is 0 Å². The van der Waals surface area contributed by atoms with Gasteiger partial charge in [0, 0.05) is 42.8 Å². The van der Waals surface area contributed by atoms with Gasteiger partial charge in [-0.05, 0) is 42.5 Å². The lowest BCUT2D eigenvalue weighted by atomic mass is 10.2. The van der Waals surface area contributed by atoms with Crippen molar-refractivity contribution in [2.24, 2.45) is 5.73 Å². The second-order valence-corrected chi connectivity index (χ2v) is 7.34. The standard InChI is InChI=1S/C21H23BrFN3O5/c1-14(27)25(21(29)31-15(2)30-20(28)13-24)10-11-26(18-8-6-17(23)7-9-18)19-5-3-4-16(22)12-19/h3-9,12,15H,10-11,13,24H2,1-2H3. The van der Waals surface area contributed by atoms with Crippen LogP contribution in [-0.4, -0.2) is 48.8 Å². The van der Waals surface area contributed by atoms with Crippen molar-refractivity contribution in [3.63, 3.8) is 0 Å². The summed E-state index contributed by atoms with van der Waals surface area (Å²) in [6.45, 7) is 2.37. The number of ether oxygens (including phenoxy) is 2. The molecule has 0 saturated heterocycles. The predicted molar refractivity (Wildman–Crippen MR) is 116 cm³/mol. The first kappa shape index (κ1) is 24.3. The summed E-state index contributed by atoms with van der Waals surface area (Å²) in [6.07, 6.45) is -2.16. The molecule has 8 nitrogen and oxygen atoms in total. The molecule has 0 radical (unpaired) electrons. The highest BCUT2D eigenvalue weighted by Crippen LogP contribution is 2.27. The van der Waals surface area contributed by atoms with E-state index >= 15 is 0 Å². The fraction of sp³-hybridized carbons (Fsp3) is 0.286. The van der Waals surface area contributed by atoms with Gasteiger partial charge in [-0.25, -0.2) is 14.1 Å². The topological polar surface area (TPSA) is 102 Å². The zero-order chi connectivity index (χ0) is 23.0. The molecule has 0 aliphatic rings. The van der Waals surface area contributed by atoms with Crippen molar-refractivity contribution in [3.05, 3.63) is 58.8 Å². The van der Waals surface area contributed by atoms with Crippen LogP contribution in [0.15, 0.2) is 53.0 Å². The van der Waals surface area contributed by atoms with E-state index in [2.05, 4.69) is 15.9 Å². The maximum Gasteiger partial charge on any atom is 0.419 e. The molecule has 0 heterocycles. The lowest BCUT2D eigenvalue weighted by molar-refractivity contribution is -0.164. The predicted octanol–water partition coefficient (Wildman–Crippen LogP) is 3.56. The molecule has 1 atom stereocenters. The van der Waals surface area contributed by atoms with Crippen molar-refractivity contribution in [1.29, 1.82) is 0 Å². The number of carbonyl (C=O) groups excluding carboxylic acids is 3. The minimum Gasteiger partial charge on any atom is -0.424 e. The van der Waals surface area contributed by atoms with Crippen LogP contribution in [0.4, 0.5) is 20.6 Å². The number of benzene rings is 2. The average Bonchev–Trinajstić information content (AvgIpc) is 2.71. The first-order valence-electron chi connectivity index (χ1n) is 9.38. The van der Waals surface area contributed by atoms with Crippen LogP contribution in [0, 0.1) is 5.82 Å². The summed E-state index contributed by atoms with van der Waals surface area (Å²) in [5.74, 6) is -1.67. The van der Waals surface area contributed by atoms with Crippen LogP contribution in [0.5, 0.6) is 0 Å². The lowest BCUT2D eigenvalue weighted by Gasteiger charge is -2.28. The molecule has 166 valence electrons. The fourth-order valence-corrected chi connectivity index (χ4v) is 3.10. The summed E-state index contributed by atoms with van der Waals surface area (Å²) in [4.78, 5) is 38.4. The van der Waals surface area contributed by atoms with E-state index in [1.165, 1.54) is 26.0 Å². The van der Waals surface area contributed by atoms with Crippen LogP contribution in [0.1, 0.15) is 13.8 Å². The summed E-state index contributed by atoms with van der Waals surface area (Å²) < 4.78 is 24.0. The van der Waals surface area contributed by atoms with Crippen LogP contribution in [0.2, 0.25) is 0 Å². The van der Waals surface area contributed by atoms with E-state index in [9.17, 15) is 18.8 Å². The van der Waals surface area contributed by atoms with Gasteiger partial charge in [-0.3, -0.25) is 9.59 Å². The highest BCUT2D eigenvalue weighted by atomic mass is 79.9. The van der Waals surface area contributed by atoms with E-state index in [1.54, 1.807) is 12.1 Å². The van der Waals surface area contributed by atoms with E-state index in [4.69, 9.17) is 15.2 Å². The van der Waals surface area contributed by atoms with Crippen molar-refractivity contribution in [2.45, 2.75) is 20.1 Å². The van der Waals surface area contributed by atoms with Gasteiger partial charge in [0.2, 0.25) is 12.2 Å². The Morgan fingerprint density at radius 1 is 1.06 bits per heavy atom. The quantitative estimate of drug-likeness (QED) is 0.441. The molecule has 0 aromatic heterocycles. The minimum atomic E-state index is -1.20. The minimum absolute atomic E-state index is 0.0321. The Labute approximate surface area is 187 Å². The molecule has 1 unspecified atom stereocenters. The number of hydrogen-bond acceptors (Lipinski definition) is 7. The maximum absolute atomic E-state index is 13.4. The molecule has 31 heavy (non-hydrogen) atoms. The molecule has 2 N–H and O–H groups in total. The van der Waals surface area contributed by atoms with Crippen molar-refractivity contribution >= 4 is 45.3 Å². The van der Waals surface area contributed by atoms with Crippen molar-refractivity contribution in [3.8, 4) is 0 Å². The van der Waals surface area contributed by atoms with Gasteiger partial charge < -0.3 is 20.1 Å². The first-order chi connectivity index (χ1) is 14.7. The number of anilines is 2. The first-order valence-corrected chi connectivity index (χ1v) is 10.2. The van der Waals surface area contributed by atoms with Crippen LogP contribution < -0.4 is 10.6 Å². The smallest absolute Gasteiger partial charge is 0.419 e. The van der Waals surface area contributed by atoms with Crippen LogP contribution >= 0.6 is 15.9 Å². The molecular formula is C21H23BrFN3O5. The van der Waals surface area contributed by atoms with Gasteiger partial charge in [0.15, 0.2) is 0 Å². The Bertz CT molecular complexity index is 925. The number of imide groups is 1. The number of esters is 1. The average molecular weight is 496 g/mol. The number of nitrogens with zero attached hydrogens (tertiary/aromatic N) is 2. The molecule has 2 rings (SSSR count). The Kier molecular flexibility index (Phi) is 8.95. The Morgan fingerprint density at radius 2 is 1.74 bits per heavy atom. The summed E-state index contributed by atoms with van der Waals surface area (Å²) in [5.41, 5.74) is 6.59. The Morgan fingerprint density at radius 3 is 2.32 bits per heavy atom. The number of amides is 2. The van der Waals surface area contributed by atoms with E-state index in [-0.39, 0.29) is 25.5 Å². The molecule has 2 amide bonds. The molecule has 0 bridgehead atoms. The second kappa shape index (κ2) is 11.4.